The first-order chi connectivity index (χ1) is 11.2. The van der Waals surface area contributed by atoms with Gasteiger partial charge >= 0.3 is 0 Å². The van der Waals surface area contributed by atoms with E-state index in [2.05, 4.69) is 48.0 Å². The van der Waals surface area contributed by atoms with Gasteiger partial charge in [-0.1, -0.05) is 30.3 Å². The number of hydrogen-bond donors (Lipinski definition) is 1. The number of benzene rings is 1. The molecule has 4 rings (SSSR count). The highest BCUT2D eigenvalue weighted by atomic mass is 32.1. The maximum Gasteiger partial charge on any atom is 0.202 e. The zero-order valence-electron chi connectivity index (χ0n) is 13.5. The Morgan fingerprint density at radius 3 is 2.70 bits per heavy atom. The van der Waals surface area contributed by atoms with Gasteiger partial charge in [-0.15, -0.1) is 0 Å². The maximum absolute atomic E-state index is 5.56. The summed E-state index contributed by atoms with van der Waals surface area (Å²) in [6.45, 7) is 3.05. The van der Waals surface area contributed by atoms with Gasteiger partial charge in [0.1, 0.15) is 5.82 Å². The SMILES string of the molecule is Cn1c(C2CC2)nn(C[NH+]2CC=C(c3ccccc3)CC2)c1=S. The van der Waals surface area contributed by atoms with E-state index < -0.39 is 0 Å². The molecule has 4 nitrogen and oxygen atoms in total. The third kappa shape index (κ3) is 3.03. The van der Waals surface area contributed by atoms with Gasteiger partial charge in [0, 0.05) is 19.4 Å². The smallest absolute Gasteiger partial charge is 0.202 e. The molecule has 0 amide bonds. The summed E-state index contributed by atoms with van der Waals surface area (Å²) >= 11 is 5.56. The molecule has 1 N–H and O–H groups in total. The lowest BCUT2D eigenvalue weighted by Gasteiger charge is -2.23. The van der Waals surface area contributed by atoms with Crippen molar-refractivity contribution in [1.82, 2.24) is 14.3 Å². The maximum atomic E-state index is 5.56. The van der Waals surface area contributed by atoms with Crippen LogP contribution in [0.15, 0.2) is 36.4 Å². The van der Waals surface area contributed by atoms with E-state index in [0.29, 0.717) is 5.92 Å². The molecule has 23 heavy (non-hydrogen) atoms. The summed E-state index contributed by atoms with van der Waals surface area (Å²) in [4.78, 5) is 1.53. The van der Waals surface area contributed by atoms with E-state index in [1.54, 1.807) is 0 Å². The van der Waals surface area contributed by atoms with E-state index >= 15 is 0 Å². The highest BCUT2D eigenvalue weighted by molar-refractivity contribution is 7.71. The molecule has 1 fully saturated rings. The predicted molar refractivity (Wildman–Crippen MR) is 93.7 cm³/mol. The quantitative estimate of drug-likeness (QED) is 0.872. The number of rotatable bonds is 4. The topological polar surface area (TPSA) is 27.2 Å². The Morgan fingerprint density at radius 1 is 1.26 bits per heavy atom. The minimum atomic E-state index is 0.642. The molecule has 2 aliphatic rings. The first-order valence-corrected chi connectivity index (χ1v) is 8.85. The Balaban J connectivity index is 1.46. The van der Waals surface area contributed by atoms with Crippen LogP contribution < -0.4 is 4.90 Å². The first kappa shape index (κ1) is 14.8. The van der Waals surface area contributed by atoms with Crippen LogP contribution in [-0.2, 0) is 13.7 Å². The van der Waals surface area contributed by atoms with E-state index in [1.165, 1.54) is 34.7 Å². The van der Waals surface area contributed by atoms with Gasteiger partial charge in [0.15, 0.2) is 6.67 Å². The summed E-state index contributed by atoms with van der Waals surface area (Å²) < 4.78 is 4.98. The molecule has 1 aliphatic heterocycles. The molecule has 1 saturated carbocycles. The van der Waals surface area contributed by atoms with E-state index in [-0.39, 0.29) is 0 Å². The van der Waals surface area contributed by atoms with Crippen molar-refractivity contribution in [3.8, 4) is 0 Å². The lowest BCUT2D eigenvalue weighted by Crippen LogP contribution is -3.11. The van der Waals surface area contributed by atoms with Crippen LogP contribution in [-0.4, -0.2) is 27.4 Å². The average molecular weight is 327 g/mol. The molecule has 1 atom stereocenters. The van der Waals surface area contributed by atoms with Crippen molar-refractivity contribution in [1.29, 1.82) is 0 Å². The minimum Gasteiger partial charge on any atom is -0.313 e. The Hall–Kier alpha value is -1.72. The number of aromatic nitrogens is 3. The van der Waals surface area contributed by atoms with Crippen molar-refractivity contribution in [3.05, 3.63) is 52.6 Å². The van der Waals surface area contributed by atoms with Gasteiger partial charge in [0.25, 0.3) is 0 Å². The third-order valence-corrected chi connectivity index (χ3v) is 5.40. The van der Waals surface area contributed by atoms with Crippen molar-refractivity contribution in [2.75, 3.05) is 13.1 Å². The van der Waals surface area contributed by atoms with Gasteiger partial charge in [0.2, 0.25) is 4.77 Å². The predicted octanol–water partition coefficient (Wildman–Crippen LogP) is 2.16. The lowest BCUT2D eigenvalue weighted by atomic mass is 10.00. The van der Waals surface area contributed by atoms with Gasteiger partial charge in [-0.2, -0.15) is 9.78 Å². The Morgan fingerprint density at radius 2 is 2.04 bits per heavy atom. The van der Waals surface area contributed by atoms with Gasteiger partial charge in [-0.3, -0.25) is 0 Å². The molecular weight excluding hydrogens is 304 g/mol. The number of nitrogens with one attached hydrogen (secondary N) is 1. The zero-order chi connectivity index (χ0) is 15.8. The lowest BCUT2D eigenvalue weighted by molar-refractivity contribution is -0.918. The van der Waals surface area contributed by atoms with Gasteiger partial charge in [0.05, 0.1) is 13.1 Å². The van der Waals surface area contributed by atoms with E-state index in [9.17, 15) is 0 Å². The van der Waals surface area contributed by atoms with Gasteiger partial charge in [-0.25, -0.2) is 0 Å². The van der Waals surface area contributed by atoms with E-state index in [0.717, 1.165) is 31.0 Å². The fraction of sp³-hybridized carbons (Fsp3) is 0.444. The number of nitrogens with zero attached hydrogens (tertiary/aromatic N) is 3. The van der Waals surface area contributed by atoms with Crippen LogP contribution in [0.25, 0.3) is 5.57 Å². The monoisotopic (exact) mass is 327 g/mol. The number of hydrogen-bond acceptors (Lipinski definition) is 2. The second-order valence-corrected chi connectivity index (χ2v) is 7.05. The second kappa shape index (κ2) is 6.06. The molecule has 1 aromatic carbocycles. The van der Waals surface area contributed by atoms with Crippen LogP contribution in [0.3, 0.4) is 0 Å². The fourth-order valence-corrected chi connectivity index (χ4v) is 3.56. The van der Waals surface area contributed by atoms with Crippen LogP contribution >= 0.6 is 12.2 Å². The molecular formula is C18H23N4S+. The molecule has 1 aliphatic carbocycles. The normalized spacial score (nSPS) is 21.3. The zero-order valence-corrected chi connectivity index (χ0v) is 14.4. The van der Waals surface area contributed by atoms with Crippen molar-refractivity contribution in [2.24, 2.45) is 7.05 Å². The Kier molecular flexibility index (Phi) is 3.91. The molecule has 0 bridgehead atoms. The largest absolute Gasteiger partial charge is 0.313 e. The van der Waals surface area contributed by atoms with Crippen LogP contribution in [0.4, 0.5) is 0 Å². The van der Waals surface area contributed by atoms with Crippen molar-refractivity contribution < 1.29 is 4.90 Å². The summed E-state index contributed by atoms with van der Waals surface area (Å²) in [5, 5.41) is 4.78. The molecule has 2 aromatic rings. The van der Waals surface area contributed by atoms with Crippen molar-refractivity contribution in [2.45, 2.75) is 31.8 Å². The summed E-state index contributed by atoms with van der Waals surface area (Å²) in [5.74, 6) is 1.82. The van der Waals surface area contributed by atoms with Crippen LogP contribution in [0.2, 0.25) is 0 Å². The Bertz CT molecular complexity index is 783. The molecule has 5 heteroatoms. The highest BCUT2D eigenvalue weighted by Gasteiger charge is 2.29. The molecule has 0 saturated heterocycles. The summed E-state index contributed by atoms with van der Waals surface area (Å²) in [6.07, 6.45) is 6.02. The van der Waals surface area contributed by atoms with Crippen molar-refractivity contribution in [3.63, 3.8) is 0 Å². The summed E-state index contributed by atoms with van der Waals surface area (Å²) in [7, 11) is 2.05. The molecule has 2 heterocycles. The molecule has 120 valence electrons. The first-order valence-electron chi connectivity index (χ1n) is 8.44. The van der Waals surface area contributed by atoms with Crippen LogP contribution in [0, 0.1) is 4.77 Å². The average Bonchev–Trinajstić information content (AvgIpc) is 3.39. The van der Waals surface area contributed by atoms with E-state index in [1.807, 2.05) is 4.68 Å². The fourth-order valence-electron chi connectivity index (χ4n) is 3.36. The molecule has 1 aromatic heterocycles. The summed E-state index contributed by atoms with van der Waals surface area (Å²) in [6, 6.07) is 10.7. The molecule has 0 radical (unpaired) electrons. The van der Waals surface area contributed by atoms with Crippen LogP contribution in [0.5, 0.6) is 0 Å². The van der Waals surface area contributed by atoms with Gasteiger partial charge < -0.3 is 9.47 Å². The third-order valence-electron chi connectivity index (χ3n) is 4.92. The molecule has 1 unspecified atom stereocenters. The Labute approximate surface area is 142 Å². The molecule has 0 spiro atoms. The van der Waals surface area contributed by atoms with Crippen LogP contribution in [0.1, 0.15) is 36.6 Å². The van der Waals surface area contributed by atoms with Gasteiger partial charge in [-0.05, 0) is 42.3 Å². The number of quaternary nitrogens is 1. The second-order valence-electron chi connectivity index (χ2n) is 6.68. The highest BCUT2D eigenvalue weighted by Crippen LogP contribution is 2.38. The summed E-state index contributed by atoms with van der Waals surface area (Å²) in [5.41, 5.74) is 2.83. The standard InChI is InChI=1S/C18H22N4S/c1-20-17(16-7-8-16)19-22(18(20)23)13-21-11-9-15(10-12-21)14-5-3-2-4-6-14/h2-6,9,16H,7-8,10-13H2,1H3/p+1. The van der Waals surface area contributed by atoms with E-state index in [4.69, 9.17) is 17.3 Å². The minimum absolute atomic E-state index is 0.642. The van der Waals surface area contributed by atoms with Crippen molar-refractivity contribution >= 4 is 17.8 Å².